The second-order valence-corrected chi connectivity index (χ2v) is 9.38. The summed E-state index contributed by atoms with van der Waals surface area (Å²) in [6.07, 6.45) is 6.18. The number of imidazole rings is 1. The molecule has 1 unspecified atom stereocenters. The lowest BCUT2D eigenvalue weighted by Crippen LogP contribution is -2.52. The first-order valence-electron chi connectivity index (χ1n) is 12.2. The molecule has 0 radical (unpaired) electrons. The minimum atomic E-state index is 0.0836. The first-order chi connectivity index (χ1) is 16.5. The van der Waals surface area contributed by atoms with Crippen LogP contribution in [0.1, 0.15) is 43.8 Å². The number of carbonyl (C=O) groups is 2. The zero-order valence-electron chi connectivity index (χ0n) is 20.1. The maximum absolute atomic E-state index is 12.5. The van der Waals surface area contributed by atoms with Crippen molar-refractivity contribution in [2.45, 2.75) is 38.0 Å². The van der Waals surface area contributed by atoms with Crippen LogP contribution in [0.15, 0.2) is 48.7 Å². The van der Waals surface area contributed by atoms with Gasteiger partial charge in [0, 0.05) is 44.6 Å². The lowest BCUT2D eigenvalue weighted by atomic mass is 9.97. The van der Waals surface area contributed by atoms with Crippen LogP contribution in [0.5, 0.6) is 0 Å². The minimum Gasteiger partial charge on any atom is -0.359 e. The van der Waals surface area contributed by atoms with Crippen LogP contribution in [0.25, 0.3) is 22.0 Å². The highest BCUT2D eigenvalue weighted by molar-refractivity contribution is 5.86. The Kier molecular flexibility index (Phi) is 7.95. The molecule has 7 heteroatoms. The van der Waals surface area contributed by atoms with Gasteiger partial charge in [-0.1, -0.05) is 49.2 Å². The first-order valence-corrected chi connectivity index (χ1v) is 12.2. The van der Waals surface area contributed by atoms with Gasteiger partial charge >= 0.3 is 0 Å². The smallest absolute Gasteiger partial charge is 0.225 e. The fourth-order valence-corrected chi connectivity index (χ4v) is 4.59. The number of likely N-dealkylation sites (tertiary alicyclic amines) is 1. The van der Waals surface area contributed by atoms with Gasteiger partial charge in [0.2, 0.25) is 11.8 Å². The van der Waals surface area contributed by atoms with Crippen molar-refractivity contribution < 1.29 is 9.59 Å². The number of amides is 2. The Morgan fingerprint density at radius 1 is 1.12 bits per heavy atom. The number of hydrogen-bond donors (Lipinski definition) is 3. The molecule has 2 aromatic carbocycles. The molecule has 3 aromatic rings. The number of nitrogens with one attached hydrogen (secondary N) is 3. The Morgan fingerprint density at radius 3 is 2.68 bits per heavy atom. The molecule has 7 nitrogen and oxygen atoms in total. The number of nitrogens with zero attached hydrogens (tertiary/aromatic N) is 2. The third kappa shape index (κ3) is 6.03. The van der Waals surface area contributed by atoms with E-state index in [2.05, 4.69) is 50.8 Å². The van der Waals surface area contributed by atoms with Gasteiger partial charge in [0.05, 0.1) is 17.8 Å². The van der Waals surface area contributed by atoms with Gasteiger partial charge < -0.3 is 20.5 Å². The SMILES string of the molecule is CNC(=O)CCCCCC(CNC(=O)C1CN(C)C1)c1ncc(-c2ccc3ccccc3c2)[nH]1. The fraction of sp³-hybridized carbons (Fsp3) is 0.444. The Balaban J connectivity index is 1.41. The summed E-state index contributed by atoms with van der Waals surface area (Å²) in [6, 6.07) is 14.7. The molecule has 1 fully saturated rings. The van der Waals surface area contributed by atoms with E-state index in [4.69, 9.17) is 4.98 Å². The molecule has 1 atom stereocenters. The van der Waals surface area contributed by atoms with Gasteiger partial charge in [-0.15, -0.1) is 0 Å². The van der Waals surface area contributed by atoms with E-state index in [9.17, 15) is 9.59 Å². The third-order valence-corrected chi connectivity index (χ3v) is 6.74. The molecule has 3 N–H and O–H groups in total. The number of rotatable bonds is 11. The molecule has 4 rings (SSSR count). The molecule has 180 valence electrons. The van der Waals surface area contributed by atoms with Crippen LogP contribution in [0.3, 0.4) is 0 Å². The van der Waals surface area contributed by atoms with Crippen molar-refractivity contribution >= 4 is 22.6 Å². The topological polar surface area (TPSA) is 90.1 Å². The highest BCUT2D eigenvalue weighted by atomic mass is 16.2. The van der Waals surface area contributed by atoms with E-state index in [1.807, 2.05) is 25.4 Å². The van der Waals surface area contributed by atoms with E-state index < -0.39 is 0 Å². The van der Waals surface area contributed by atoms with E-state index in [1.54, 1.807) is 7.05 Å². The fourth-order valence-electron chi connectivity index (χ4n) is 4.59. The lowest BCUT2D eigenvalue weighted by Gasteiger charge is -2.35. The van der Waals surface area contributed by atoms with E-state index in [-0.39, 0.29) is 23.7 Å². The van der Waals surface area contributed by atoms with Crippen molar-refractivity contribution in [1.29, 1.82) is 0 Å². The van der Waals surface area contributed by atoms with Crippen LogP contribution in [-0.4, -0.2) is 60.4 Å². The molecule has 0 saturated carbocycles. The molecular formula is C27H35N5O2. The third-order valence-electron chi connectivity index (χ3n) is 6.74. The van der Waals surface area contributed by atoms with Gasteiger partial charge in [0.1, 0.15) is 5.82 Å². The van der Waals surface area contributed by atoms with Crippen LogP contribution in [0.2, 0.25) is 0 Å². The molecule has 1 aliphatic rings. The van der Waals surface area contributed by atoms with E-state index >= 15 is 0 Å². The van der Waals surface area contributed by atoms with Gasteiger partial charge in [-0.05, 0) is 36.7 Å². The van der Waals surface area contributed by atoms with Crippen LogP contribution in [0, 0.1) is 5.92 Å². The minimum absolute atomic E-state index is 0.0836. The Bertz CT molecular complexity index is 1120. The highest BCUT2D eigenvalue weighted by Gasteiger charge is 2.30. The first kappa shape index (κ1) is 24.0. The molecule has 0 spiro atoms. The number of hydrogen-bond acceptors (Lipinski definition) is 4. The molecule has 1 aromatic heterocycles. The number of H-pyrrole nitrogens is 1. The van der Waals surface area contributed by atoms with Gasteiger partial charge in [-0.25, -0.2) is 4.98 Å². The molecule has 1 aliphatic heterocycles. The second-order valence-electron chi connectivity index (χ2n) is 9.38. The summed E-state index contributed by atoms with van der Waals surface area (Å²) in [5, 5.41) is 8.24. The molecule has 1 saturated heterocycles. The summed E-state index contributed by atoms with van der Waals surface area (Å²) >= 11 is 0. The van der Waals surface area contributed by atoms with Crippen molar-refractivity contribution in [2.75, 3.05) is 33.7 Å². The molecule has 2 heterocycles. The summed E-state index contributed by atoms with van der Waals surface area (Å²) in [5.41, 5.74) is 2.08. The summed E-state index contributed by atoms with van der Waals surface area (Å²) < 4.78 is 0. The Labute approximate surface area is 201 Å². The number of aromatic nitrogens is 2. The van der Waals surface area contributed by atoms with Crippen molar-refractivity contribution in [1.82, 2.24) is 25.5 Å². The maximum atomic E-state index is 12.5. The molecule has 0 bridgehead atoms. The largest absolute Gasteiger partial charge is 0.359 e. The monoisotopic (exact) mass is 461 g/mol. The zero-order valence-corrected chi connectivity index (χ0v) is 20.1. The number of carbonyl (C=O) groups excluding carboxylic acids is 2. The molecule has 0 aliphatic carbocycles. The lowest BCUT2D eigenvalue weighted by molar-refractivity contribution is -0.129. The summed E-state index contributed by atoms with van der Waals surface area (Å²) in [4.78, 5) is 34.4. The van der Waals surface area contributed by atoms with Crippen LogP contribution in [0.4, 0.5) is 0 Å². The maximum Gasteiger partial charge on any atom is 0.225 e. The summed E-state index contributed by atoms with van der Waals surface area (Å²) in [7, 11) is 3.70. The average molecular weight is 462 g/mol. The zero-order chi connectivity index (χ0) is 23.9. The predicted molar refractivity (Wildman–Crippen MR) is 135 cm³/mol. The standard InChI is InChI=1S/C27H35N5O2/c1-28-25(33)11-5-3-4-10-22(15-30-27(34)23-17-32(2)18-23)26-29-16-24(31-26)21-13-12-19-8-6-7-9-20(19)14-21/h6-9,12-14,16,22-23H,3-5,10-11,15,17-18H2,1-2H3,(H,28,33)(H,29,31)(H,30,34). The second kappa shape index (κ2) is 11.3. The van der Waals surface area contributed by atoms with Crippen LogP contribution < -0.4 is 10.6 Å². The molecular weight excluding hydrogens is 426 g/mol. The van der Waals surface area contributed by atoms with Crippen molar-refractivity contribution in [3.8, 4) is 11.3 Å². The van der Waals surface area contributed by atoms with Crippen molar-refractivity contribution in [3.63, 3.8) is 0 Å². The summed E-state index contributed by atoms with van der Waals surface area (Å²) in [6.45, 7) is 2.21. The number of benzene rings is 2. The van der Waals surface area contributed by atoms with Crippen LogP contribution >= 0.6 is 0 Å². The van der Waals surface area contributed by atoms with Crippen molar-refractivity contribution in [2.24, 2.45) is 5.92 Å². The number of fused-ring (bicyclic) bond motifs is 1. The number of aromatic amines is 1. The average Bonchev–Trinajstić information content (AvgIpc) is 3.33. The molecule has 2 amide bonds. The quantitative estimate of drug-likeness (QED) is 0.380. The molecule has 34 heavy (non-hydrogen) atoms. The Hall–Kier alpha value is -3.19. The van der Waals surface area contributed by atoms with E-state index in [1.165, 1.54) is 10.8 Å². The normalized spacial score (nSPS) is 15.1. The van der Waals surface area contributed by atoms with Gasteiger partial charge in [-0.3, -0.25) is 9.59 Å². The van der Waals surface area contributed by atoms with Crippen LogP contribution in [-0.2, 0) is 9.59 Å². The summed E-state index contributed by atoms with van der Waals surface area (Å²) in [5.74, 6) is 1.31. The number of unbranched alkanes of at least 4 members (excludes halogenated alkanes) is 2. The van der Waals surface area contributed by atoms with Gasteiger partial charge in [-0.2, -0.15) is 0 Å². The van der Waals surface area contributed by atoms with E-state index in [0.29, 0.717) is 13.0 Å². The highest BCUT2D eigenvalue weighted by Crippen LogP contribution is 2.26. The predicted octanol–water partition coefficient (Wildman–Crippen LogP) is 3.69. The Morgan fingerprint density at radius 2 is 1.91 bits per heavy atom. The van der Waals surface area contributed by atoms with Crippen molar-refractivity contribution in [3.05, 3.63) is 54.5 Å². The van der Waals surface area contributed by atoms with Gasteiger partial charge in [0.25, 0.3) is 0 Å². The van der Waals surface area contributed by atoms with Gasteiger partial charge in [0.15, 0.2) is 0 Å². The van der Waals surface area contributed by atoms with E-state index in [0.717, 1.165) is 55.9 Å².